The Labute approximate surface area is 294 Å². The summed E-state index contributed by atoms with van der Waals surface area (Å²) in [5.74, 6) is -2.39. The van der Waals surface area contributed by atoms with Gasteiger partial charge < -0.3 is 27.4 Å². The van der Waals surface area contributed by atoms with Crippen LogP contribution in [0.3, 0.4) is 0 Å². The Balaban J connectivity index is 1.39. The van der Waals surface area contributed by atoms with Gasteiger partial charge in [0, 0.05) is 35.6 Å². The fourth-order valence-corrected chi connectivity index (χ4v) is 6.40. The second kappa shape index (κ2) is 16.9. The van der Waals surface area contributed by atoms with Gasteiger partial charge in [-0.3, -0.25) is 19.2 Å². The Morgan fingerprint density at radius 1 is 0.592 bits per heavy atom. The van der Waals surface area contributed by atoms with Crippen molar-refractivity contribution >= 4 is 57.3 Å². The van der Waals surface area contributed by atoms with E-state index in [1.54, 1.807) is 24.3 Å². The van der Waals surface area contributed by atoms with E-state index in [4.69, 9.17) is 23.1 Å². The van der Waals surface area contributed by atoms with Gasteiger partial charge in [-0.1, -0.05) is 103 Å². The van der Waals surface area contributed by atoms with Crippen LogP contribution in [-0.2, 0) is 44.9 Å². The lowest BCUT2D eigenvalue weighted by Crippen LogP contribution is -2.58. The van der Waals surface area contributed by atoms with Crippen molar-refractivity contribution in [3.63, 3.8) is 0 Å². The van der Waals surface area contributed by atoms with Crippen LogP contribution in [0.15, 0.2) is 115 Å². The van der Waals surface area contributed by atoms with Gasteiger partial charge in [-0.2, -0.15) is 0 Å². The molecule has 0 aliphatic rings. The van der Waals surface area contributed by atoms with Gasteiger partial charge in [0.25, 0.3) is 0 Å². The number of carbonyl (C=O) groups is 4. The minimum atomic E-state index is -1.12. The van der Waals surface area contributed by atoms with Crippen molar-refractivity contribution in [2.45, 2.75) is 49.9 Å². The molecule has 1 aromatic heterocycles. The maximum absolute atomic E-state index is 14.0. The molecule has 0 aliphatic carbocycles. The van der Waals surface area contributed by atoms with E-state index in [0.29, 0.717) is 11.4 Å². The number of fused-ring (bicyclic) bond motifs is 1. The third-order valence-electron chi connectivity index (χ3n) is 8.15. The summed E-state index contributed by atoms with van der Waals surface area (Å²) in [6, 6.07) is 29.4. The Morgan fingerprint density at radius 3 is 1.80 bits per heavy atom. The van der Waals surface area contributed by atoms with Crippen LogP contribution in [0.2, 0.25) is 5.02 Å². The number of thiophene rings is 1. The van der Waals surface area contributed by atoms with Crippen molar-refractivity contribution in [1.29, 1.82) is 0 Å². The lowest BCUT2D eigenvalue weighted by Gasteiger charge is -2.26. The van der Waals surface area contributed by atoms with Crippen LogP contribution in [0.1, 0.15) is 21.6 Å². The van der Waals surface area contributed by atoms with Crippen LogP contribution in [0.4, 0.5) is 0 Å². The molecule has 1 heterocycles. The van der Waals surface area contributed by atoms with E-state index in [2.05, 4.69) is 16.0 Å². The van der Waals surface area contributed by atoms with Crippen molar-refractivity contribution in [3.05, 3.63) is 141 Å². The number of benzene rings is 4. The van der Waals surface area contributed by atoms with E-state index < -0.39 is 47.8 Å². The molecule has 0 aliphatic heterocycles. The molecule has 0 spiro atoms. The van der Waals surface area contributed by atoms with Crippen LogP contribution < -0.4 is 27.4 Å². The van der Waals surface area contributed by atoms with E-state index >= 15 is 0 Å². The average Bonchev–Trinajstić information content (AvgIpc) is 3.61. The lowest BCUT2D eigenvalue weighted by atomic mass is 9.99. The summed E-state index contributed by atoms with van der Waals surface area (Å²) >= 11 is 7.52. The minimum absolute atomic E-state index is 0.110. The van der Waals surface area contributed by atoms with E-state index in [-0.39, 0.29) is 19.3 Å². The number of rotatable bonds is 15. The third kappa shape index (κ3) is 10.2. The molecule has 7 N–H and O–H groups in total. The quantitative estimate of drug-likeness (QED) is 0.112. The van der Waals surface area contributed by atoms with Gasteiger partial charge in [0.05, 0.1) is 6.04 Å². The number of hydrogen-bond donors (Lipinski definition) is 5. The van der Waals surface area contributed by atoms with E-state index in [9.17, 15) is 19.2 Å². The van der Waals surface area contributed by atoms with Gasteiger partial charge in [0.2, 0.25) is 23.6 Å². The topological polar surface area (TPSA) is 156 Å². The first-order chi connectivity index (χ1) is 23.6. The van der Waals surface area contributed by atoms with Gasteiger partial charge >= 0.3 is 0 Å². The molecular formula is C38H38ClN5O4S. The molecule has 4 atom stereocenters. The van der Waals surface area contributed by atoms with Crippen LogP contribution in [0, 0.1) is 0 Å². The second-order valence-electron chi connectivity index (χ2n) is 11.9. The molecule has 11 heteroatoms. The molecule has 0 saturated carbocycles. The number of nitrogens with two attached hydrogens (primary N) is 2. The monoisotopic (exact) mass is 695 g/mol. The van der Waals surface area contributed by atoms with E-state index in [1.165, 1.54) is 11.3 Å². The number of carbonyl (C=O) groups excluding carboxylic acids is 4. The number of hydrogen-bond acceptors (Lipinski definition) is 6. The first-order valence-corrected chi connectivity index (χ1v) is 17.1. The van der Waals surface area contributed by atoms with Crippen molar-refractivity contribution < 1.29 is 19.2 Å². The fraction of sp³-hybridized carbons (Fsp3) is 0.211. The Bertz CT molecular complexity index is 1890. The Hall–Kier alpha value is -5.03. The zero-order valence-corrected chi connectivity index (χ0v) is 28.3. The third-order valence-corrected chi connectivity index (χ3v) is 9.30. The maximum Gasteiger partial charge on any atom is 0.243 e. The SMILES string of the molecule is NC(=O)C(Cc1ccc(Cl)cc1)NC(=O)C(Cc1ccc2ccccc2c1)NC(=O)C(Cc1ccccc1)NC(=O)C(N)Cc1cccs1. The molecule has 0 bridgehead atoms. The zero-order valence-electron chi connectivity index (χ0n) is 26.7. The predicted molar refractivity (Wildman–Crippen MR) is 194 cm³/mol. The largest absolute Gasteiger partial charge is 0.368 e. The maximum atomic E-state index is 14.0. The molecule has 5 aromatic rings. The number of nitrogens with one attached hydrogen (secondary N) is 3. The van der Waals surface area contributed by atoms with Crippen LogP contribution in [0.5, 0.6) is 0 Å². The lowest BCUT2D eigenvalue weighted by molar-refractivity contribution is -0.133. The van der Waals surface area contributed by atoms with Gasteiger partial charge in [-0.25, -0.2) is 0 Å². The summed E-state index contributed by atoms with van der Waals surface area (Å²) in [4.78, 5) is 54.7. The Kier molecular flexibility index (Phi) is 12.2. The highest BCUT2D eigenvalue weighted by Crippen LogP contribution is 2.18. The number of amides is 4. The van der Waals surface area contributed by atoms with Gasteiger partial charge in [-0.15, -0.1) is 11.3 Å². The summed E-state index contributed by atoms with van der Waals surface area (Å²) in [5, 5.41) is 12.9. The summed E-state index contributed by atoms with van der Waals surface area (Å²) in [5.41, 5.74) is 14.3. The molecule has 4 amide bonds. The summed E-state index contributed by atoms with van der Waals surface area (Å²) in [6.07, 6.45) is 0.718. The summed E-state index contributed by atoms with van der Waals surface area (Å²) in [6.45, 7) is 0. The van der Waals surface area contributed by atoms with Gasteiger partial charge in [0.15, 0.2) is 0 Å². The molecule has 4 aromatic carbocycles. The summed E-state index contributed by atoms with van der Waals surface area (Å²) < 4.78 is 0. The normalized spacial score (nSPS) is 13.5. The number of primary amides is 1. The first kappa shape index (κ1) is 35.3. The molecule has 252 valence electrons. The molecule has 4 unspecified atom stereocenters. The molecule has 49 heavy (non-hydrogen) atoms. The fourth-order valence-electron chi connectivity index (χ4n) is 5.51. The Morgan fingerprint density at radius 2 is 1.14 bits per heavy atom. The van der Waals surface area contributed by atoms with Gasteiger partial charge in [0.1, 0.15) is 18.1 Å². The highest BCUT2D eigenvalue weighted by molar-refractivity contribution is 7.09. The molecule has 0 saturated heterocycles. The van der Waals surface area contributed by atoms with Crippen molar-refractivity contribution in [1.82, 2.24) is 16.0 Å². The molecular weight excluding hydrogens is 658 g/mol. The van der Waals surface area contributed by atoms with Crippen molar-refractivity contribution in [3.8, 4) is 0 Å². The van der Waals surface area contributed by atoms with Crippen LogP contribution in [-0.4, -0.2) is 47.8 Å². The van der Waals surface area contributed by atoms with Crippen molar-refractivity contribution in [2.24, 2.45) is 11.5 Å². The smallest absolute Gasteiger partial charge is 0.243 e. The highest BCUT2D eigenvalue weighted by atomic mass is 35.5. The van der Waals surface area contributed by atoms with E-state index in [1.807, 2.05) is 90.3 Å². The first-order valence-electron chi connectivity index (χ1n) is 15.9. The zero-order chi connectivity index (χ0) is 34.8. The molecule has 0 fully saturated rings. The van der Waals surface area contributed by atoms with Crippen LogP contribution in [0.25, 0.3) is 10.8 Å². The minimum Gasteiger partial charge on any atom is -0.368 e. The molecule has 9 nitrogen and oxygen atoms in total. The summed E-state index contributed by atoms with van der Waals surface area (Å²) in [7, 11) is 0. The predicted octanol–water partition coefficient (Wildman–Crippen LogP) is 4.09. The average molecular weight is 696 g/mol. The molecule has 0 radical (unpaired) electrons. The van der Waals surface area contributed by atoms with Gasteiger partial charge in [-0.05, 0) is 51.0 Å². The second-order valence-corrected chi connectivity index (χ2v) is 13.4. The van der Waals surface area contributed by atoms with Crippen LogP contribution >= 0.6 is 22.9 Å². The van der Waals surface area contributed by atoms with E-state index in [0.717, 1.165) is 32.3 Å². The standard InChI is InChI=1S/C38H38ClN5O4S/c39-29-16-13-25(14-17-29)20-32(35(41)45)42-37(47)34(22-26-12-15-27-9-4-5-10-28(27)19-26)44-38(48)33(21-24-7-2-1-3-8-24)43-36(46)31(40)23-30-11-6-18-49-30/h1-19,31-34H,20-23,40H2,(H2,41,45)(H,42,47)(H,43,46)(H,44,48). The number of halogens is 1. The van der Waals surface area contributed by atoms with Crippen molar-refractivity contribution in [2.75, 3.05) is 0 Å². The highest BCUT2D eigenvalue weighted by Gasteiger charge is 2.31. The molecule has 5 rings (SSSR count).